The first-order chi connectivity index (χ1) is 20.5. The van der Waals surface area contributed by atoms with Crippen LogP contribution in [0.25, 0.3) is 10.8 Å². The molecular formula is C34H41N7O. The molecule has 0 unspecified atom stereocenters. The minimum atomic E-state index is 0.0959. The Balaban J connectivity index is 1.42. The molecule has 4 heterocycles. The van der Waals surface area contributed by atoms with Crippen molar-refractivity contribution in [3.05, 3.63) is 58.7 Å². The fourth-order valence-corrected chi connectivity index (χ4v) is 7.00. The van der Waals surface area contributed by atoms with Crippen LogP contribution in [0.3, 0.4) is 0 Å². The Hall–Kier alpha value is -3.85. The van der Waals surface area contributed by atoms with Crippen LogP contribution in [0.1, 0.15) is 61.3 Å². The first kappa shape index (κ1) is 28.3. The van der Waals surface area contributed by atoms with E-state index in [4.69, 9.17) is 9.72 Å². The molecule has 3 aliphatic rings. The molecule has 1 aromatic heterocycles. The summed E-state index contributed by atoms with van der Waals surface area (Å²) in [6.45, 7) is 9.90. The molecule has 6 rings (SSSR count). The van der Waals surface area contributed by atoms with E-state index in [1.807, 2.05) is 0 Å². The number of pyridine rings is 1. The first-order valence-electron chi connectivity index (χ1n) is 15.4. The number of hydrogen-bond donors (Lipinski definition) is 1. The van der Waals surface area contributed by atoms with Gasteiger partial charge in [0.1, 0.15) is 24.1 Å². The fourth-order valence-electron chi connectivity index (χ4n) is 7.00. The van der Waals surface area contributed by atoms with Gasteiger partial charge in [-0.25, -0.2) is 0 Å². The Kier molecular flexibility index (Phi) is 8.20. The molecule has 0 amide bonds. The molecule has 218 valence electrons. The van der Waals surface area contributed by atoms with Gasteiger partial charge >= 0.3 is 0 Å². The summed E-state index contributed by atoms with van der Waals surface area (Å²) in [6.07, 6.45) is 3.51. The molecular weight excluding hydrogens is 522 g/mol. The van der Waals surface area contributed by atoms with Crippen molar-refractivity contribution < 1.29 is 4.74 Å². The van der Waals surface area contributed by atoms with Gasteiger partial charge in [0.15, 0.2) is 0 Å². The number of nitrogens with one attached hydrogen (secondary N) is 1. The van der Waals surface area contributed by atoms with Crippen LogP contribution < -0.4 is 19.9 Å². The van der Waals surface area contributed by atoms with Crippen LogP contribution >= 0.6 is 0 Å². The Morgan fingerprint density at radius 3 is 2.64 bits per heavy atom. The lowest BCUT2D eigenvalue weighted by Crippen LogP contribution is -2.51. The van der Waals surface area contributed by atoms with E-state index in [1.165, 1.54) is 22.0 Å². The molecule has 42 heavy (non-hydrogen) atoms. The van der Waals surface area contributed by atoms with Crippen LogP contribution in [0, 0.1) is 22.7 Å². The summed E-state index contributed by atoms with van der Waals surface area (Å²) >= 11 is 0. The number of likely N-dealkylation sites (tertiary alicyclic amines) is 1. The SMILES string of the molecule is CC(C)c1cccc2cccc(N3CCc4c(N5CCN[C@H](CC#N)C5)nc(OC[C@@H]5CCCN5C)c(C#N)c4C3)c12. The second-order valence-corrected chi connectivity index (χ2v) is 12.3. The number of nitrogens with zero attached hydrogens (tertiary/aromatic N) is 6. The van der Waals surface area contributed by atoms with E-state index in [9.17, 15) is 10.5 Å². The number of aromatic nitrogens is 1. The van der Waals surface area contributed by atoms with Gasteiger partial charge in [-0.2, -0.15) is 15.5 Å². The largest absolute Gasteiger partial charge is 0.475 e. The Bertz CT molecular complexity index is 1530. The zero-order valence-electron chi connectivity index (χ0n) is 25.1. The number of fused-ring (bicyclic) bond motifs is 2. The second kappa shape index (κ2) is 12.2. The lowest BCUT2D eigenvalue weighted by atomic mass is 9.92. The van der Waals surface area contributed by atoms with Gasteiger partial charge in [-0.15, -0.1) is 0 Å². The predicted octanol–water partition coefficient (Wildman–Crippen LogP) is 4.96. The third-order valence-corrected chi connectivity index (χ3v) is 9.30. The molecule has 0 saturated carbocycles. The van der Waals surface area contributed by atoms with Crippen molar-refractivity contribution in [2.24, 2.45) is 0 Å². The van der Waals surface area contributed by atoms with E-state index in [0.717, 1.165) is 62.4 Å². The van der Waals surface area contributed by atoms with E-state index >= 15 is 0 Å². The molecule has 3 aromatic rings. The lowest BCUT2D eigenvalue weighted by Gasteiger charge is -2.38. The van der Waals surface area contributed by atoms with Crippen molar-refractivity contribution in [2.45, 2.75) is 64.1 Å². The molecule has 0 aliphatic carbocycles. The molecule has 8 heteroatoms. The van der Waals surface area contributed by atoms with Crippen LogP contribution in [0.15, 0.2) is 36.4 Å². The van der Waals surface area contributed by atoms with Crippen molar-refractivity contribution in [1.29, 1.82) is 10.5 Å². The van der Waals surface area contributed by atoms with Crippen LogP contribution in [-0.2, 0) is 13.0 Å². The van der Waals surface area contributed by atoms with E-state index in [1.54, 1.807) is 0 Å². The molecule has 2 aromatic carbocycles. The van der Waals surface area contributed by atoms with Crippen molar-refractivity contribution in [3.8, 4) is 18.0 Å². The van der Waals surface area contributed by atoms with E-state index in [-0.39, 0.29) is 6.04 Å². The second-order valence-electron chi connectivity index (χ2n) is 12.3. The third-order valence-electron chi connectivity index (χ3n) is 9.30. The number of benzene rings is 2. The van der Waals surface area contributed by atoms with Crippen LogP contribution in [0.5, 0.6) is 5.88 Å². The highest BCUT2D eigenvalue weighted by Gasteiger charge is 2.32. The maximum atomic E-state index is 10.5. The van der Waals surface area contributed by atoms with Gasteiger partial charge in [0.25, 0.3) is 0 Å². The molecule has 2 fully saturated rings. The third kappa shape index (κ3) is 5.38. The minimum absolute atomic E-state index is 0.0959. The van der Waals surface area contributed by atoms with Gasteiger partial charge < -0.3 is 24.8 Å². The summed E-state index contributed by atoms with van der Waals surface area (Å²) < 4.78 is 6.43. The van der Waals surface area contributed by atoms with E-state index in [0.29, 0.717) is 49.5 Å². The summed E-state index contributed by atoms with van der Waals surface area (Å²) in [7, 11) is 2.14. The highest BCUT2D eigenvalue weighted by atomic mass is 16.5. The number of nitriles is 2. The number of rotatable bonds is 7. The molecule has 0 radical (unpaired) electrons. The highest BCUT2D eigenvalue weighted by Crippen LogP contribution is 2.40. The molecule has 0 spiro atoms. The Labute approximate surface area is 249 Å². The van der Waals surface area contributed by atoms with E-state index < -0.39 is 0 Å². The molecule has 2 saturated heterocycles. The Morgan fingerprint density at radius 1 is 1.07 bits per heavy atom. The van der Waals surface area contributed by atoms with Gasteiger partial charge in [-0.3, -0.25) is 0 Å². The average molecular weight is 564 g/mol. The standard InChI is InChI=1S/C34H41N7O/c1-23(2)27-10-4-7-24-8-5-11-31(32(24)27)40-17-13-28-30(21-40)29(19-36)34(42-22-26-9-6-16-39(26)3)38-33(28)41-18-15-37-25(20-41)12-14-35/h4-5,7-8,10-11,23,25-26,37H,6,9,12-13,15-18,20-22H2,1-3H3/t25-,26+/m1/s1. The van der Waals surface area contributed by atoms with Crippen LogP contribution in [0.4, 0.5) is 11.5 Å². The summed E-state index contributed by atoms with van der Waals surface area (Å²) in [5.74, 6) is 1.77. The van der Waals surface area contributed by atoms with Crippen molar-refractivity contribution in [3.63, 3.8) is 0 Å². The van der Waals surface area contributed by atoms with Gasteiger partial charge in [0.2, 0.25) is 5.88 Å². The quantitative estimate of drug-likeness (QED) is 0.432. The number of anilines is 2. The average Bonchev–Trinajstić information content (AvgIpc) is 3.43. The van der Waals surface area contributed by atoms with Gasteiger partial charge in [0.05, 0.1) is 12.5 Å². The number of hydrogen-bond acceptors (Lipinski definition) is 8. The van der Waals surface area contributed by atoms with Crippen molar-refractivity contribution >= 4 is 22.3 Å². The summed E-state index contributed by atoms with van der Waals surface area (Å²) in [5.41, 5.74) is 5.30. The smallest absolute Gasteiger partial charge is 0.234 e. The maximum Gasteiger partial charge on any atom is 0.234 e. The molecule has 2 atom stereocenters. The van der Waals surface area contributed by atoms with Crippen molar-refractivity contribution in [2.75, 3.05) is 56.2 Å². The van der Waals surface area contributed by atoms with Crippen molar-refractivity contribution in [1.82, 2.24) is 15.2 Å². The van der Waals surface area contributed by atoms with Gasteiger partial charge in [-0.05, 0) is 55.8 Å². The van der Waals surface area contributed by atoms with Crippen LogP contribution in [0.2, 0.25) is 0 Å². The van der Waals surface area contributed by atoms with Crippen LogP contribution in [-0.4, -0.2) is 68.3 Å². The molecule has 1 N–H and O–H groups in total. The monoisotopic (exact) mass is 563 g/mol. The zero-order valence-corrected chi connectivity index (χ0v) is 25.1. The maximum absolute atomic E-state index is 10.5. The zero-order chi connectivity index (χ0) is 29.2. The summed E-state index contributed by atoms with van der Waals surface area (Å²) in [4.78, 5) is 12.2. The van der Waals surface area contributed by atoms with E-state index in [2.05, 4.69) is 89.4 Å². The fraction of sp³-hybridized carbons (Fsp3) is 0.500. The molecule has 8 nitrogen and oxygen atoms in total. The molecule has 0 bridgehead atoms. The Morgan fingerprint density at radius 2 is 1.90 bits per heavy atom. The predicted molar refractivity (Wildman–Crippen MR) is 167 cm³/mol. The minimum Gasteiger partial charge on any atom is -0.475 e. The topological polar surface area (TPSA) is 91.4 Å². The summed E-state index contributed by atoms with van der Waals surface area (Å²) in [5, 5.41) is 25.9. The number of ether oxygens (including phenoxy) is 1. The number of piperazine rings is 1. The normalized spacial score (nSPS) is 20.9. The number of likely N-dealkylation sites (N-methyl/N-ethyl adjacent to an activating group) is 1. The lowest BCUT2D eigenvalue weighted by molar-refractivity contribution is 0.192. The summed E-state index contributed by atoms with van der Waals surface area (Å²) in [6, 6.07) is 18.4. The van der Waals surface area contributed by atoms with Gasteiger partial charge in [0, 0.05) is 67.0 Å². The molecule has 3 aliphatic heterocycles. The van der Waals surface area contributed by atoms with Gasteiger partial charge in [-0.1, -0.05) is 44.2 Å². The first-order valence-corrected chi connectivity index (χ1v) is 15.4. The highest BCUT2D eigenvalue weighted by molar-refractivity contribution is 5.97.